The van der Waals surface area contributed by atoms with E-state index in [1.165, 1.54) is 15.6 Å². The van der Waals surface area contributed by atoms with E-state index in [-0.39, 0.29) is 18.3 Å². The number of aryl methyl sites for hydroxylation is 1. The molecule has 1 amide bonds. The summed E-state index contributed by atoms with van der Waals surface area (Å²) in [5, 5.41) is 38.0. The monoisotopic (exact) mass is 508 g/mol. The summed E-state index contributed by atoms with van der Waals surface area (Å²) in [6.07, 6.45) is 1.89. The number of aliphatic hydroxyl groups is 3. The van der Waals surface area contributed by atoms with Gasteiger partial charge in [0, 0.05) is 19.2 Å². The van der Waals surface area contributed by atoms with Gasteiger partial charge in [0.1, 0.15) is 18.3 Å². The molecule has 1 aliphatic heterocycles. The van der Waals surface area contributed by atoms with Crippen molar-refractivity contribution in [2.75, 3.05) is 11.9 Å². The minimum absolute atomic E-state index is 0.248. The lowest BCUT2D eigenvalue weighted by atomic mass is 10.1. The Labute approximate surface area is 211 Å². The van der Waals surface area contributed by atoms with E-state index in [0.717, 1.165) is 11.1 Å². The Morgan fingerprint density at radius 3 is 2.68 bits per heavy atom. The van der Waals surface area contributed by atoms with Crippen molar-refractivity contribution in [2.45, 2.75) is 50.3 Å². The molecule has 5 rings (SSSR count). The standard InChI is InChI=1S/C24H28N8O5/c25-17(34)8-4-7-15-10-28-32(11-15)24-29-21(26-9-14-5-2-1-3-6-14)18-22(30-24)31(13-27-18)23-20(36)19(35)16(12-33)37-23/h1-3,5-6,10-11,13,16,19-20,23,33,35-36H,4,7-9,12H2,(H2,25,34)(H,26,29,30)/t16-,19-,20+,23-/m1/s1. The van der Waals surface area contributed by atoms with Crippen LogP contribution in [0.3, 0.4) is 0 Å². The number of rotatable bonds is 10. The predicted octanol–water partition coefficient (Wildman–Crippen LogP) is 0.0436. The first-order chi connectivity index (χ1) is 17.9. The summed E-state index contributed by atoms with van der Waals surface area (Å²) < 4.78 is 8.73. The lowest BCUT2D eigenvalue weighted by Crippen LogP contribution is -2.33. The third-order valence-electron chi connectivity index (χ3n) is 6.23. The first-order valence-corrected chi connectivity index (χ1v) is 11.9. The fraction of sp³-hybridized carbons (Fsp3) is 0.375. The maximum absolute atomic E-state index is 11.0. The maximum Gasteiger partial charge on any atom is 0.254 e. The van der Waals surface area contributed by atoms with E-state index in [0.29, 0.717) is 36.4 Å². The Balaban J connectivity index is 1.51. The van der Waals surface area contributed by atoms with E-state index >= 15 is 0 Å². The number of ether oxygens (including phenoxy) is 1. The molecule has 1 fully saturated rings. The zero-order valence-electron chi connectivity index (χ0n) is 19.9. The molecule has 0 spiro atoms. The van der Waals surface area contributed by atoms with Gasteiger partial charge in [-0.2, -0.15) is 15.1 Å². The predicted molar refractivity (Wildman–Crippen MR) is 131 cm³/mol. The largest absolute Gasteiger partial charge is 0.394 e. The molecule has 13 nitrogen and oxygen atoms in total. The molecule has 1 aliphatic rings. The molecule has 0 aliphatic carbocycles. The van der Waals surface area contributed by atoms with Gasteiger partial charge in [0.2, 0.25) is 5.91 Å². The number of benzene rings is 1. The van der Waals surface area contributed by atoms with Crippen molar-refractivity contribution in [1.29, 1.82) is 0 Å². The van der Waals surface area contributed by atoms with E-state index < -0.39 is 31.1 Å². The quantitative estimate of drug-likeness (QED) is 0.196. The second-order valence-electron chi connectivity index (χ2n) is 8.88. The number of fused-ring (bicyclic) bond motifs is 1. The molecule has 4 atom stereocenters. The summed E-state index contributed by atoms with van der Waals surface area (Å²) >= 11 is 0. The highest BCUT2D eigenvalue weighted by molar-refractivity contribution is 5.83. The van der Waals surface area contributed by atoms with Gasteiger partial charge >= 0.3 is 0 Å². The first kappa shape index (κ1) is 24.8. The van der Waals surface area contributed by atoms with E-state index in [2.05, 4.69) is 25.4 Å². The number of imidazole rings is 1. The van der Waals surface area contributed by atoms with E-state index in [9.17, 15) is 20.1 Å². The van der Waals surface area contributed by atoms with Crippen molar-refractivity contribution in [3.05, 3.63) is 60.2 Å². The molecule has 0 unspecified atom stereocenters. The molecule has 194 valence electrons. The lowest BCUT2D eigenvalue weighted by Gasteiger charge is -2.17. The fourth-order valence-electron chi connectivity index (χ4n) is 4.27. The van der Waals surface area contributed by atoms with Crippen LogP contribution in [0.2, 0.25) is 0 Å². The zero-order chi connectivity index (χ0) is 25.9. The number of nitrogens with zero attached hydrogens (tertiary/aromatic N) is 6. The second-order valence-corrected chi connectivity index (χ2v) is 8.88. The normalized spacial score (nSPS) is 21.5. The number of anilines is 1. The summed E-state index contributed by atoms with van der Waals surface area (Å²) in [7, 11) is 0. The smallest absolute Gasteiger partial charge is 0.254 e. The van der Waals surface area contributed by atoms with Gasteiger partial charge in [-0.15, -0.1) is 0 Å². The molecule has 3 aromatic heterocycles. The summed E-state index contributed by atoms with van der Waals surface area (Å²) in [5.41, 5.74) is 7.94. The van der Waals surface area contributed by atoms with Crippen molar-refractivity contribution < 1.29 is 24.9 Å². The average Bonchev–Trinajstić information content (AvgIpc) is 3.61. The van der Waals surface area contributed by atoms with Gasteiger partial charge in [-0.3, -0.25) is 9.36 Å². The third-order valence-corrected chi connectivity index (χ3v) is 6.23. The Hall–Kier alpha value is -3.91. The topological polar surface area (TPSA) is 186 Å². The fourth-order valence-corrected chi connectivity index (χ4v) is 4.27. The van der Waals surface area contributed by atoms with Crippen LogP contribution in [0, 0.1) is 0 Å². The van der Waals surface area contributed by atoms with E-state index in [4.69, 9.17) is 10.5 Å². The summed E-state index contributed by atoms with van der Waals surface area (Å²) in [5.74, 6) is 0.339. The highest BCUT2D eigenvalue weighted by Gasteiger charge is 2.44. The number of aliphatic hydroxyl groups excluding tert-OH is 3. The molecule has 37 heavy (non-hydrogen) atoms. The lowest BCUT2D eigenvalue weighted by molar-refractivity contribution is -0.118. The van der Waals surface area contributed by atoms with Crippen LogP contribution >= 0.6 is 0 Å². The third kappa shape index (κ3) is 5.15. The Morgan fingerprint density at radius 1 is 1.14 bits per heavy atom. The minimum Gasteiger partial charge on any atom is -0.394 e. The van der Waals surface area contributed by atoms with Crippen LogP contribution < -0.4 is 11.1 Å². The number of carbonyl (C=O) groups excluding carboxylic acids is 1. The molecule has 4 aromatic rings. The van der Waals surface area contributed by atoms with Gasteiger partial charge in [-0.05, 0) is 24.0 Å². The Bertz CT molecular complexity index is 1370. The van der Waals surface area contributed by atoms with Crippen LogP contribution in [0.25, 0.3) is 17.1 Å². The van der Waals surface area contributed by atoms with Crippen LogP contribution in [0.5, 0.6) is 0 Å². The number of nitrogens with two attached hydrogens (primary N) is 1. The SMILES string of the molecule is NC(=O)CCCc1cnn(-c2nc(NCc3ccccc3)c3ncn([C@@H]4O[C@H](CO)[C@@H](O)[C@@H]4O)c3n2)c1. The van der Waals surface area contributed by atoms with Gasteiger partial charge in [0.15, 0.2) is 23.2 Å². The van der Waals surface area contributed by atoms with Gasteiger partial charge in [0.25, 0.3) is 5.95 Å². The molecule has 1 saturated heterocycles. The Kier molecular flexibility index (Phi) is 7.10. The van der Waals surface area contributed by atoms with Crippen LogP contribution in [0.4, 0.5) is 5.82 Å². The molecule has 0 radical (unpaired) electrons. The van der Waals surface area contributed by atoms with Crippen molar-refractivity contribution in [1.82, 2.24) is 29.3 Å². The second kappa shape index (κ2) is 10.6. The number of carbonyl (C=O) groups is 1. The van der Waals surface area contributed by atoms with Crippen molar-refractivity contribution in [3.8, 4) is 5.95 Å². The summed E-state index contributed by atoms with van der Waals surface area (Å²) in [6, 6.07) is 9.79. The molecular weight excluding hydrogens is 480 g/mol. The van der Waals surface area contributed by atoms with Crippen molar-refractivity contribution >= 4 is 22.9 Å². The van der Waals surface area contributed by atoms with Crippen LogP contribution in [-0.4, -0.2) is 75.4 Å². The number of amides is 1. The molecule has 0 bridgehead atoms. The number of hydrogen-bond acceptors (Lipinski definition) is 10. The molecule has 1 aromatic carbocycles. The zero-order valence-corrected chi connectivity index (χ0v) is 19.9. The van der Waals surface area contributed by atoms with Crippen molar-refractivity contribution in [3.63, 3.8) is 0 Å². The molecule has 0 saturated carbocycles. The summed E-state index contributed by atoms with van der Waals surface area (Å²) in [4.78, 5) is 24.8. The van der Waals surface area contributed by atoms with E-state index in [1.807, 2.05) is 30.3 Å². The first-order valence-electron chi connectivity index (χ1n) is 11.9. The highest BCUT2D eigenvalue weighted by atomic mass is 16.6. The van der Waals surface area contributed by atoms with Crippen molar-refractivity contribution in [2.24, 2.45) is 5.73 Å². The average molecular weight is 509 g/mol. The van der Waals surface area contributed by atoms with Crippen LogP contribution in [-0.2, 0) is 22.5 Å². The van der Waals surface area contributed by atoms with Gasteiger partial charge in [0.05, 0.1) is 19.1 Å². The number of primary amides is 1. The number of hydrogen-bond donors (Lipinski definition) is 5. The van der Waals surface area contributed by atoms with Crippen LogP contribution in [0.15, 0.2) is 49.1 Å². The Morgan fingerprint density at radius 2 is 1.95 bits per heavy atom. The van der Waals surface area contributed by atoms with Gasteiger partial charge in [-0.1, -0.05) is 30.3 Å². The molecule has 4 heterocycles. The maximum atomic E-state index is 11.0. The van der Waals surface area contributed by atoms with Gasteiger partial charge in [-0.25, -0.2) is 9.67 Å². The molecular formula is C24H28N8O5. The summed E-state index contributed by atoms with van der Waals surface area (Å²) in [6.45, 7) is 0.0296. The highest BCUT2D eigenvalue weighted by Crippen LogP contribution is 2.32. The number of nitrogens with one attached hydrogen (secondary N) is 1. The molecule has 13 heteroatoms. The van der Waals surface area contributed by atoms with Crippen LogP contribution in [0.1, 0.15) is 30.2 Å². The molecule has 6 N–H and O–H groups in total. The number of aromatic nitrogens is 6. The van der Waals surface area contributed by atoms with Gasteiger partial charge < -0.3 is 31.1 Å². The van der Waals surface area contributed by atoms with E-state index in [1.54, 1.807) is 12.4 Å². The minimum atomic E-state index is -1.30.